The predicted octanol–water partition coefficient (Wildman–Crippen LogP) is 2.13. The fourth-order valence-corrected chi connectivity index (χ4v) is 2.10. The van der Waals surface area contributed by atoms with Gasteiger partial charge in [0.1, 0.15) is 0 Å². The summed E-state index contributed by atoms with van der Waals surface area (Å²) in [5.74, 6) is 6.97. The minimum atomic E-state index is 0.0717. The number of aliphatic hydroxyl groups excluding tert-OH is 1. The van der Waals surface area contributed by atoms with Crippen LogP contribution in [0.4, 0.5) is 0 Å². The number of carbonyl (C=O) groups excluding carboxylic acids is 1. The molecule has 1 aromatic carbocycles. The topological polar surface area (TPSA) is 40.5 Å². The van der Waals surface area contributed by atoms with Crippen molar-refractivity contribution in [1.29, 1.82) is 0 Å². The average molecular weight is 291 g/mol. The van der Waals surface area contributed by atoms with Gasteiger partial charge in [-0.05, 0) is 17.9 Å². The van der Waals surface area contributed by atoms with Gasteiger partial charge in [-0.1, -0.05) is 30.0 Å². The molecule has 0 bridgehead atoms. The lowest BCUT2D eigenvalue weighted by Gasteiger charge is -2.18. The van der Waals surface area contributed by atoms with Crippen molar-refractivity contribution in [3.05, 3.63) is 35.4 Å². The third kappa shape index (κ3) is 5.68. The highest BCUT2D eigenvalue weighted by Crippen LogP contribution is 2.11. The SMILES string of the molecule is CSCCC(=O)N(C)Cc1ccccc1C#CCCO. The first-order chi connectivity index (χ1) is 9.69. The van der Waals surface area contributed by atoms with E-state index in [1.165, 1.54) is 0 Å². The first-order valence-corrected chi connectivity index (χ1v) is 7.99. The summed E-state index contributed by atoms with van der Waals surface area (Å²) in [7, 11) is 1.82. The molecule has 20 heavy (non-hydrogen) atoms. The summed E-state index contributed by atoms with van der Waals surface area (Å²) in [5, 5.41) is 8.76. The zero-order valence-electron chi connectivity index (χ0n) is 12.1. The fourth-order valence-electron chi connectivity index (χ4n) is 1.72. The summed E-state index contributed by atoms with van der Waals surface area (Å²) in [4.78, 5) is 13.7. The van der Waals surface area contributed by atoms with Crippen LogP contribution in [0.15, 0.2) is 24.3 Å². The fraction of sp³-hybridized carbons (Fsp3) is 0.438. The molecule has 108 valence electrons. The molecule has 3 nitrogen and oxygen atoms in total. The molecule has 0 aliphatic rings. The van der Waals surface area contributed by atoms with E-state index in [1.807, 2.05) is 37.6 Å². The highest BCUT2D eigenvalue weighted by atomic mass is 32.2. The highest BCUT2D eigenvalue weighted by Gasteiger charge is 2.10. The third-order valence-electron chi connectivity index (χ3n) is 2.83. The number of benzene rings is 1. The van der Waals surface area contributed by atoms with Gasteiger partial charge in [-0.15, -0.1) is 0 Å². The molecule has 4 heteroatoms. The van der Waals surface area contributed by atoms with Crippen molar-refractivity contribution in [1.82, 2.24) is 4.90 Å². The van der Waals surface area contributed by atoms with Crippen molar-refractivity contribution in [2.75, 3.05) is 25.7 Å². The first-order valence-electron chi connectivity index (χ1n) is 6.59. The van der Waals surface area contributed by atoms with Gasteiger partial charge < -0.3 is 10.0 Å². The molecule has 0 radical (unpaired) electrons. The Bertz CT molecular complexity index is 491. The van der Waals surface area contributed by atoms with Crippen molar-refractivity contribution in [2.24, 2.45) is 0 Å². The Morgan fingerprint density at radius 1 is 1.40 bits per heavy atom. The second-order valence-corrected chi connectivity index (χ2v) is 5.41. The van der Waals surface area contributed by atoms with Gasteiger partial charge in [-0.25, -0.2) is 0 Å². The Labute approximate surface area is 125 Å². The lowest BCUT2D eigenvalue weighted by atomic mass is 10.1. The average Bonchev–Trinajstić information content (AvgIpc) is 2.46. The molecule has 0 aliphatic carbocycles. The van der Waals surface area contributed by atoms with Crippen LogP contribution in [0, 0.1) is 11.8 Å². The van der Waals surface area contributed by atoms with E-state index in [1.54, 1.807) is 16.7 Å². The lowest BCUT2D eigenvalue weighted by molar-refractivity contribution is -0.129. The quantitative estimate of drug-likeness (QED) is 0.816. The Morgan fingerprint density at radius 3 is 2.85 bits per heavy atom. The summed E-state index contributed by atoms with van der Waals surface area (Å²) < 4.78 is 0. The molecule has 0 saturated carbocycles. The molecule has 0 saturated heterocycles. The van der Waals surface area contributed by atoms with E-state index < -0.39 is 0 Å². The van der Waals surface area contributed by atoms with Crippen LogP contribution in [-0.4, -0.2) is 41.6 Å². The van der Waals surface area contributed by atoms with E-state index in [4.69, 9.17) is 5.11 Å². The van der Waals surface area contributed by atoms with E-state index in [0.717, 1.165) is 16.9 Å². The zero-order chi connectivity index (χ0) is 14.8. The molecular formula is C16H21NO2S. The second-order valence-electron chi connectivity index (χ2n) is 4.43. The number of rotatable bonds is 6. The van der Waals surface area contributed by atoms with E-state index in [0.29, 0.717) is 19.4 Å². The monoisotopic (exact) mass is 291 g/mol. The molecule has 0 spiro atoms. The Hall–Kier alpha value is -1.44. The lowest BCUT2D eigenvalue weighted by Crippen LogP contribution is -2.26. The van der Waals surface area contributed by atoms with E-state index in [-0.39, 0.29) is 12.5 Å². The predicted molar refractivity (Wildman–Crippen MR) is 84.5 cm³/mol. The number of aliphatic hydroxyl groups is 1. The summed E-state index contributed by atoms with van der Waals surface area (Å²) in [6.45, 7) is 0.638. The molecule has 0 atom stereocenters. The Kier molecular flexibility index (Phi) is 7.86. The molecule has 0 heterocycles. The molecular weight excluding hydrogens is 270 g/mol. The smallest absolute Gasteiger partial charge is 0.223 e. The summed E-state index contributed by atoms with van der Waals surface area (Å²) in [6.07, 6.45) is 3.03. The van der Waals surface area contributed by atoms with Crippen molar-refractivity contribution in [3.63, 3.8) is 0 Å². The van der Waals surface area contributed by atoms with Crippen molar-refractivity contribution >= 4 is 17.7 Å². The molecule has 1 aromatic rings. The third-order valence-corrected chi connectivity index (χ3v) is 3.44. The van der Waals surface area contributed by atoms with Crippen molar-refractivity contribution in [3.8, 4) is 11.8 Å². The van der Waals surface area contributed by atoms with Gasteiger partial charge in [0.25, 0.3) is 0 Å². The number of amides is 1. The van der Waals surface area contributed by atoms with Gasteiger partial charge >= 0.3 is 0 Å². The van der Waals surface area contributed by atoms with E-state index in [2.05, 4.69) is 11.8 Å². The van der Waals surface area contributed by atoms with Gasteiger partial charge in [-0.2, -0.15) is 11.8 Å². The van der Waals surface area contributed by atoms with Crippen LogP contribution in [0.25, 0.3) is 0 Å². The van der Waals surface area contributed by atoms with E-state index in [9.17, 15) is 4.79 Å². The Morgan fingerprint density at radius 2 is 2.15 bits per heavy atom. The van der Waals surface area contributed by atoms with Gasteiger partial charge in [0.15, 0.2) is 0 Å². The number of nitrogens with zero attached hydrogens (tertiary/aromatic N) is 1. The molecule has 0 unspecified atom stereocenters. The van der Waals surface area contributed by atoms with Gasteiger partial charge in [0, 0.05) is 37.8 Å². The van der Waals surface area contributed by atoms with Crippen LogP contribution < -0.4 is 0 Å². The Balaban J connectivity index is 2.72. The number of hydrogen-bond donors (Lipinski definition) is 1. The van der Waals surface area contributed by atoms with E-state index >= 15 is 0 Å². The van der Waals surface area contributed by atoms with Gasteiger partial charge in [0.05, 0.1) is 6.61 Å². The summed E-state index contributed by atoms with van der Waals surface area (Å²) >= 11 is 1.68. The summed E-state index contributed by atoms with van der Waals surface area (Å²) in [5.41, 5.74) is 1.96. The summed E-state index contributed by atoms with van der Waals surface area (Å²) in [6, 6.07) is 7.82. The first kappa shape index (κ1) is 16.6. The molecule has 0 fully saturated rings. The number of hydrogen-bond acceptors (Lipinski definition) is 3. The normalized spacial score (nSPS) is 9.75. The number of thioether (sulfide) groups is 1. The van der Waals surface area contributed by atoms with Crippen LogP contribution in [0.5, 0.6) is 0 Å². The maximum atomic E-state index is 11.9. The minimum Gasteiger partial charge on any atom is -0.395 e. The maximum Gasteiger partial charge on any atom is 0.223 e. The van der Waals surface area contributed by atoms with Crippen molar-refractivity contribution < 1.29 is 9.90 Å². The van der Waals surface area contributed by atoms with Crippen molar-refractivity contribution in [2.45, 2.75) is 19.4 Å². The van der Waals surface area contributed by atoms with Gasteiger partial charge in [-0.3, -0.25) is 4.79 Å². The zero-order valence-corrected chi connectivity index (χ0v) is 12.9. The number of carbonyl (C=O) groups is 1. The van der Waals surface area contributed by atoms with Crippen LogP contribution in [0.1, 0.15) is 24.0 Å². The van der Waals surface area contributed by atoms with Crippen LogP contribution in [0.2, 0.25) is 0 Å². The largest absolute Gasteiger partial charge is 0.395 e. The molecule has 0 aliphatic heterocycles. The van der Waals surface area contributed by atoms with Gasteiger partial charge in [0.2, 0.25) is 5.91 Å². The highest BCUT2D eigenvalue weighted by molar-refractivity contribution is 7.98. The molecule has 1 rings (SSSR count). The maximum absolute atomic E-state index is 11.9. The van der Waals surface area contributed by atoms with Crippen LogP contribution in [0.3, 0.4) is 0 Å². The minimum absolute atomic E-state index is 0.0717. The molecule has 0 aromatic heterocycles. The molecule has 1 N–H and O–H groups in total. The molecule has 1 amide bonds. The standard InChI is InChI=1S/C16H21NO2S/c1-17(16(19)10-12-20-2)13-15-9-4-3-7-14(15)8-5-6-11-18/h3-4,7,9,18H,6,10-13H2,1-2H3. The second kappa shape index (κ2) is 9.46. The van der Waals surface area contributed by atoms with Crippen LogP contribution >= 0.6 is 11.8 Å². The van der Waals surface area contributed by atoms with Crippen LogP contribution in [-0.2, 0) is 11.3 Å².